The summed E-state index contributed by atoms with van der Waals surface area (Å²) in [6, 6.07) is 17.7. The maximum Gasteiger partial charge on any atom is 0.416 e. The van der Waals surface area contributed by atoms with Crippen LogP contribution in [-0.2, 0) is 22.2 Å². The molecule has 0 saturated heterocycles. The van der Waals surface area contributed by atoms with Gasteiger partial charge in [-0.2, -0.15) is 13.2 Å². The molecule has 0 fully saturated rings. The number of ketones is 1. The number of Topliss-reactive ketones (excluding diaryl/α,β-unsaturated/α-hetero) is 1. The molecule has 1 heterocycles. The van der Waals surface area contributed by atoms with Crippen molar-refractivity contribution in [3.63, 3.8) is 0 Å². The van der Waals surface area contributed by atoms with E-state index in [0.29, 0.717) is 12.0 Å². The topological polar surface area (TPSA) is 77.8 Å². The van der Waals surface area contributed by atoms with Crippen molar-refractivity contribution in [2.24, 2.45) is 0 Å². The first-order valence-corrected chi connectivity index (χ1v) is 10.5. The van der Waals surface area contributed by atoms with Gasteiger partial charge in [0.15, 0.2) is 11.5 Å². The Balaban J connectivity index is 1.75. The highest BCUT2D eigenvalue weighted by molar-refractivity contribution is 6.16. The van der Waals surface area contributed by atoms with Gasteiger partial charge in [-0.15, -0.1) is 0 Å². The number of hydrogen-bond acceptors (Lipinski definition) is 4. The van der Waals surface area contributed by atoms with Gasteiger partial charge in [-0.05, 0) is 47.9 Å². The number of alkyl halides is 3. The molecule has 0 radical (unpaired) electrons. The van der Waals surface area contributed by atoms with E-state index >= 15 is 0 Å². The number of rotatable bonds is 6. The molecule has 3 aromatic carbocycles. The van der Waals surface area contributed by atoms with Crippen molar-refractivity contribution in [3.05, 3.63) is 107 Å². The van der Waals surface area contributed by atoms with Gasteiger partial charge < -0.3 is 10.2 Å². The van der Waals surface area contributed by atoms with Crippen molar-refractivity contribution in [1.82, 2.24) is 0 Å². The third-order valence-corrected chi connectivity index (χ3v) is 5.65. The van der Waals surface area contributed by atoms with Crippen molar-refractivity contribution >= 4 is 17.4 Å². The molecule has 2 N–H and O–H groups in total. The molecule has 1 atom stereocenters. The molecule has 4 rings (SSSR count). The number of benzene rings is 3. The quantitative estimate of drug-likeness (QED) is 0.501. The third kappa shape index (κ3) is 4.52. The lowest BCUT2D eigenvalue weighted by Gasteiger charge is -2.27. The monoisotopic (exact) mass is 467 g/mol. The van der Waals surface area contributed by atoms with E-state index in [1.54, 1.807) is 0 Å². The third-order valence-electron chi connectivity index (χ3n) is 5.65. The number of nitrogens with zero attached hydrogens (tertiary/aromatic N) is 1. The van der Waals surface area contributed by atoms with Crippen LogP contribution in [-0.4, -0.2) is 21.9 Å². The summed E-state index contributed by atoms with van der Waals surface area (Å²) >= 11 is 0. The number of aliphatic hydroxyl groups excluding tert-OH is 1. The van der Waals surface area contributed by atoms with Crippen molar-refractivity contribution in [3.8, 4) is 5.75 Å². The first-order chi connectivity index (χ1) is 16.2. The van der Waals surface area contributed by atoms with Crippen LogP contribution in [0.1, 0.15) is 29.2 Å². The van der Waals surface area contributed by atoms with Gasteiger partial charge in [-0.1, -0.05) is 48.5 Å². The number of aliphatic hydroxyl groups is 1. The van der Waals surface area contributed by atoms with Gasteiger partial charge in [-0.25, -0.2) is 0 Å². The summed E-state index contributed by atoms with van der Waals surface area (Å²) in [5.41, 5.74) is -0.0307. The predicted octanol–water partition coefficient (Wildman–Crippen LogP) is 5.51. The zero-order chi connectivity index (χ0) is 24.5. The standard InChI is InChI=1S/C26H20F3NO4/c27-26(28,29)18-7-4-8-19(15-18)30-23(17-10-12-20(31)13-11-17)22(24(33)25(30)34)21(32)14-9-16-5-2-1-3-6-16/h1-8,10-13,15,23,31,33H,9,14H2. The smallest absolute Gasteiger partial charge is 0.416 e. The van der Waals surface area contributed by atoms with E-state index in [-0.39, 0.29) is 23.4 Å². The van der Waals surface area contributed by atoms with Crippen LogP contribution in [0.2, 0.25) is 0 Å². The molecular formula is C26H20F3NO4. The van der Waals surface area contributed by atoms with Crippen molar-refractivity contribution in [2.75, 3.05) is 4.90 Å². The second-order valence-electron chi connectivity index (χ2n) is 7.89. The fourth-order valence-corrected chi connectivity index (χ4v) is 4.00. The molecule has 8 heteroatoms. The molecule has 0 aromatic heterocycles. The van der Waals surface area contributed by atoms with Crippen LogP contribution in [0.15, 0.2) is 90.2 Å². The lowest BCUT2D eigenvalue weighted by molar-refractivity contribution is -0.137. The minimum absolute atomic E-state index is 0.0122. The number of hydrogen-bond donors (Lipinski definition) is 2. The van der Waals surface area contributed by atoms with Crippen LogP contribution in [0.25, 0.3) is 0 Å². The Kier molecular flexibility index (Phi) is 6.15. The minimum Gasteiger partial charge on any atom is -0.508 e. The summed E-state index contributed by atoms with van der Waals surface area (Å²) in [6.45, 7) is 0. The number of carbonyl (C=O) groups excluding carboxylic acids is 2. The molecule has 3 aromatic rings. The van der Waals surface area contributed by atoms with Gasteiger partial charge in [0.25, 0.3) is 5.91 Å². The zero-order valence-corrected chi connectivity index (χ0v) is 17.8. The summed E-state index contributed by atoms with van der Waals surface area (Å²) in [5.74, 6) is -2.33. The number of phenols is 1. The molecule has 1 aliphatic rings. The average molecular weight is 467 g/mol. The van der Waals surface area contributed by atoms with Crippen molar-refractivity contribution in [2.45, 2.75) is 25.1 Å². The second-order valence-corrected chi connectivity index (χ2v) is 7.89. The Morgan fingerprint density at radius 2 is 1.59 bits per heavy atom. The van der Waals surface area contributed by atoms with Crippen LogP contribution in [0.4, 0.5) is 18.9 Å². The van der Waals surface area contributed by atoms with Crippen molar-refractivity contribution in [1.29, 1.82) is 0 Å². The summed E-state index contributed by atoms with van der Waals surface area (Å²) < 4.78 is 39.9. The maximum absolute atomic E-state index is 13.3. The van der Waals surface area contributed by atoms with E-state index < -0.39 is 35.2 Å². The Morgan fingerprint density at radius 1 is 0.912 bits per heavy atom. The largest absolute Gasteiger partial charge is 0.508 e. The highest BCUT2D eigenvalue weighted by Crippen LogP contribution is 2.43. The fourth-order valence-electron chi connectivity index (χ4n) is 4.00. The Labute approximate surface area is 193 Å². The van der Waals surface area contributed by atoms with Crippen molar-refractivity contribution < 1.29 is 33.0 Å². The SMILES string of the molecule is O=C(CCc1ccccc1)C1=C(O)C(=O)N(c2cccc(C(F)(F)F)c2)C1c1ccc(O)cc1. The number of carbonyl (C=O) groups is 2. The summed E-state index contributed by atoms with van der Waals surface area (Å²) in [5, 5.41) is 20.3. The van der Waals surface area contributed by atoms with Crippen LogP contribution < -0.4 is 4.90 Å². The number of halogens is 3. The Hall–Kier alpha value is -4.07. The minimum atomic E-state index is -4.64. The van der Waals surface area contributed by atoms with Crippen LogP contribution in [0, 0.1) is 0 Å². The molecule has 0 saturated carbocycles. The maximum atomic E-state index is 13.3. The van der Waals surface area contributed by atoms with E-state index in [4.69, 9.17) is 0 Å². The molecule has 0 bridgehead atoms. The van der Waals surface area contributed by atoms with E-state index in [0.717, 1.165) is 28.7 Å². The Morgan fingerprint density at radius 3 is 2.24 bits per heavy atom. The van der Waals surface area contributed by atoms with Gasteiger partial charge in [0.2, 0.25) is 0 Å². The average Bonchev–Trinajstić information content (AvgIpc) is 3.09. The summed E-state index contributed by atoms with van der Waals surface area (Å²) in [4.78, 5) is 27.2. The molecule has 1 amide bonds. The predicted molar refractivity (Wildman–Crippen MR) is 119 cm³/mol. The van der Waals surface area contributed by atoms with Gasteiger partial charge >= 0.3 is 6.18 Å². The molecule has 174 valence electrons. The van der Waals surface area contributed by atoms with Crippen LogP contribution in [0.5, 0.6) is 5.75 Å². The van der Waals surface area contributed by atoms with Crippen LogP contribution in [0.3, 0.4) is 0 Å². The molecule has 5 nitrogen and oxygen atoms in total. The fraction of sp³-hybridized carbons (Fsp3) is 0.154. The molecule has 0 spiro atoms. The summed E-state index contributed by atoms with van der Waals surface area (Å²) in [7, 11) is 0. The lowest BCUT2D eigenvalue weighted by Crippen LogP contribution is -2.31. The molecular weight excluding hydrogens is 447 g/mol. The van der Waals surface area contributed by atoms with Gasteiger partial charge in [0, 0.05) is 12.1 Å². The van der Waals surface area contributed by atoms with Gasteiger partial charge in [0.05, 0.1) is 17.2 Å². The normalized spacial score (nSPS) is 16.3. The molecule has 0 aliphatic carbocycles. The number of aryl methyl sites for hydroxylation is 1. The molecule has 1 aliphatic heterocycles. The Bertz CT molecular complexity index is 1250. The molecule has 1 unspecified atom stereocenters. The number of amides is 1. The van der Waals surface area contributed by atoms with E-state index in [1.165, 1.54) is 30.3 Å². The summed E-state index contributed by atoms with van der Waals surface area (Å²) in [6.07, 6.45) is -4.30. The highest BCUT2D eigenvalue weighted by Gasteiger charge is 2.44. The first kappa shape index (κ1) is 23.1. The number of anilines is 1. The first-order valence-electron chi connectivity index (χ1n) is 10.5. The number of aromatic hydroxyl groups is 1. The highest BCUT2D eigenvalue weighted by atomic mass is 19.4. The van der Waals surface area contributed by atoms with E-state index in [2.05, 4.69) is 0 Å². The van der Waals surface area contributed by atoms with E-state index in [1.807, 2.05) is 30.3 Å². The van der Waals surface area contributed by atoms with Gasteiger partial charge in [-0.3, -0.25) is 14.5 Å². The number of phenolic OH excluding ortho intramolecular Hbond substituents is 1. The van der Waals surface area contributed by atoms with Gasteiger partial charge in [0.1, 0.15) is 5.75 Å². The zero-order valence-electron chi connectivity index (χ0n) is 17.8. The second kappa shape index (κ2) is 9.05. The van der Waals surface area contributed by atoms with E-state index in [9.17, 15) is 33.0 Å². The molecule has 34 heavy (non-hydrogen) atoms. The lowest BCUT2D eigenvalue weighted by atomic mass is 9.93. The van der Waals surface area contributed by atoms with Crippen LogP contribution >= 0.6 is 0 Å².